The Morgan fingerprint density at radius 1 is 1.22 bits per heavy atom. The first-order valence-corrected chi connectivity index (χ1v) is 8.07. The summed E-state index contributed by atoms with van der Waals surface area (Å²) < 4.78 is 16.1. The Morgan fingerprint density at radius 3 is 2.57 bits per heavy atom. The molecular formula is C18H31NO4. The summed E-state index contributed by atoms with van der Waals surface area (Å²) in [4.78, 5) is 0. The van der Waals surface area contributed by atoms with Gasteiger partial charge in [0.2, 0.25) is 0 Å². The van der Waals surface area contributed by atoms with Gasteiger partial charge in [0.05, 0.1) is 7.11 Å². The van der Waals surface area contributed by atoms with Crippen LogP contribution in [0, 0.1) is 0 Å². The largest absolute Gasteiger partial charge is 0.497 e. The number of methoxy groups -OCH3 is 2. The molecule has 1 atom stereocenters. The van der Waals surface area contributed by atoms with E-state index in [1.54, 1.807) is 14.2 Å². The summed E-state index contributed by atoms with van der Waals surface area (Å²) in [5.41, 5.74) is 1.00. The van der Waals surface area contributed by atoms with Gasteiger partial charge in [0.25, 0.3) is 0 Å². The molecule has 23 heavy (non-hydrogen) atoms. The van der Waals surface area contributed by atoms with Gasteiger partial charge >= 0.3 is 0 Å². The van der Waals surface area contributed by atoms with Gasteiger partial charge in [0, 0.05) is 25.8 Å². The second-order valence-electron chi connectivity index (χ2n) is 6.63. The van der Waals surface area contributed by atoms with Crippen LogP contribution in [0.4, 0.5) is 0 Å². The fraction of sp³-hybridized carbons (Fsp3) is 0.667. The number of hydrogen-bond acceptors (Lipinski definition) is 5. The van der Waals surface area contributed by atoms with Crippen molar-refractivity contribution in [2.75, 3.05) is 40.5 Å². The van der Waals surface area contributed by atoms with Crippen molar-refractivity contribution in [2.24, 2.45) is 0 Å². The Morgan fingerprint density at radius 2 is 1.96 bits per heavy atom. The number of rotatable bonds is 10. The molecule has 0 aliphatic heterocycles. The molecule has 0 saturated carbocycles. The van der Waals surface area contributed by atoms with Crippen LogP contribution in [0.15, 0.2) is 18.2 Å². The minimum atomic E-state index is -0.549. The summed E-state index contributed by atoms with van der Waals surface area (Å²) in [6.07, 6.45) is 0.379. The monoisotopic (exact) mass is 325 g/mol. The molecule has 1 rings (SSSR count). The van der Waals surface area contributed by atoms with Crippen LogP contribution in [0.3, 0.4) is 0 Å². The summed E-state index contributed by atoms with van der Waals surface area (Å²) in [7, 11) is 3.34. The van der Waals surface area contributed by atoms with Crippen molar-refractivity contribution in [3.63, 3.8) is 0 Å². The van der Waals surface area contributed by atoms with E-state index in [0.717, 1.165) is 36.6 Å². The highest BCUT2D eigenvalue weighted by Crippen LogP contribution is 2.34. The molecule has 1 aromatic carbocycles. The van der Waals surface area contributed by atoms with Crippen molar-refractivity contribution >= 4 is 0 Å². The molecule has 0 saturated heterocycles. The Hall–Kier alpha value is -1.30. The predicted molar refractivity (Wildman–Crippen MR) is 92.6 cm³/mol. The fourth-order valence-electron chi connectivity index (χ4n) is 2.20. The number of hydrogen-bond donors (Lipinski definition) is 2. The molecule has 2 N–H and O–H groups in total. The minimum Gasteiger partial charge on any atom is -0.497 e. The van der Waals surface area contributed by atoms with Gasteiger partial charge in [-0.3, -0.25) is 0 Å². The van der Waals surface area contributed by atoms with Gasteiger partial charge in [0.15, 0.2) is 0 Å². The van der Waals surface area contributed by atoms with E-state index in [1.807, 2.05) is 18.2 Å². The van der Waals surface area contributed by atoms with Crippen LogP contribution in [0.1, 0.15) is 32.8 Å². The maximum absolute atomic E-state index is 10.0. The summed E-state index contributed by atoms with van der Waals surface area (Å²) in [6, 6.07) is 5.77. The van der Waals surface area contributed by atoms with Crippen LogP contribution in [0.5, 0.6) is 11.5 Å². The molecule has 0 aliphatic carbocycles. The first-order valence-electron chi connectivity index (χ1n) is 8.07. The number of aliphatic hydroxyl groups excluding tert-OH is 1. The van der Waals surface area contributed by atoms with Gasteiger partial charge in [-0.25, -0.2) is 0 Å². The van der Waals surface area contributed by atoms with E-state index in [-0.39, 0.29) is 12.0 Å². The Kier molecular flexibility index (Phi) is 8.37. The van der Waals surface area contributed by atoms with E-state index < -0.39 is 6.10 Å². The van der Waals surface area contributed by atoms with Gasteiger partial charge < -0.3 is 24.6 Å². The second-order valence-corrected chi connectivity index (χ2v) is 6.63. The molecule has 0 bridgehead atoms. The lowest BCUT2D eigenvalue weighted by Crippen LogP contribution is -2.32. The highest BCUT2D eigenvalue weighted by atomic mass is 16.5. The van der Waals surface area contributed by atoms with Crippen LogP contribution in [-0.2, 0) is 10.2 Å². The molecule has 0 radical (unpaired) electrons. The maximum atomic E-state index is 10.0. The van der Waals surface area contributed by atoms with E-state index >= 15 is 0 Å². The van der Waals surface area contributed by atoms with Crippen molar-refractivity contribution in [3.05, 3.63) is 23.8 Å². The van der Waals surface area contributed by atoms with E-state index in [2.05, 4.69) is 26.1 Å². The smallest absolute Gasteiger partial charge is 0.123 e. The lowest BCUT2D eigenvalue weighted by atomic mass is 9.86. The zero-order valence-corrected chi connectivity index (χ0v) is 15.0. The normalized spacial score (nSPS) is 13.0. The van der Waals surface area contributed by atoms with E-state index in [0.29, 0.717) is 6.54 Å². The van der Waals surface area contributed by atoms with Crippen LogP contribution in [0.25, 0.3) is 0 Å². The van der Waals surface area contributed by atoms with Crippen molar-refractivity contribution in [1.29, 1.82) is 0 Å². The third-order valence-corrected chi connectivity index (χ3v) is 3.51. The van der Waals surface area contributed by atoms with Gasteiger partial charge in [-0.2, -0.15) is 0 Å². The van der Waals surface area contributed by atoms with Crippen LogP contribution < -0.4 is 14.8 Å². The van der Waals surface area contributed by atoms with E-state index in [9.17, 15) is 5.11 Å². The lowest BCUT2D eigenvalue weighted by Gasteiger charge is -2.24. The SMILES string of the molecule is COCCCNCC(O)COc1ccc(OC)cc1C(C)(C)C. The average Bonchev–Trinajstić information content (AvgIpc) is 2.51. The Balaban J connectivity index is 2.53. The highest BCUT2D eigenvalue weighted by Gasteiger charge is 2.20. The molecule has 0 fully saturated rings. The highest BCUT2D eigenvalue weighted by molar-refractivity contribution is 5.44. The molecule has 1 aromatic rings. The van der Waals surface area contributed by atoms with Crippen LogP contribution >= 0.6 is 0 Å². The van der Waals surface area contributed by atoms with Crippen molar-refractivity contribution in [2.45, 2.75) is 38.7 Å². The standard InChI is InChI=1S/C18H31NO4/c1-18(2,3)16-11-15(22-5)7-8-17(16)23-13-14(20)12-19-9-6-10-21-4/h7-8,11,14,19-20H,6,9-10,12-13H2,1-5H3. The minimum absolute atomic E-state index is 0.0623. The van der Waals surface area contributed by atoms with E-state index in [1.165, 1.54) is 0 Å². The quantitative estimate of drug-likeness (QED) is 0.647. The van der Waals surface area contributed by atoms with Gasteiger partial charge in [-0.05, 0) is 36.6 Å². The maximum Gasteiger partial charge on any atom is 0.123 e. The summed E-state index contributed by atoms with van der Waals surface area (Å²) in [5.74, 6) is 1.60. The molecule has 5 nitrogen and oxygen atoms in total. The van der Waals surface area contributed by atoms with Gasteiger partial charge in [-0.15, -0.1) is 0 Å². The molecular weight excluding hydrogens is 294 g/mol. The zero-order valence-electron chi connectivity index (χ0n) is 15.0. The number of nitrogens with one attached hydrogen (secondary N) is 1. The summed E-state index contributed by atoms with van der Waals surface area (Å²) in [5, 5.41) is 13.2. The second kappa shape index (κ2) is 9.75. The summed E-state index contributed by atoms with van der Waals surface area (Å²) >= 11 is 0. The molecule has 5 heteroatoms. The zero-order chi connectivity index (χ0) is 17.3. The van der Waals surface area contributed by atoms with Crippen molar-refractivity contribution in [3.8, 4) is 11.5 Å². The van der Waals surface area contributed by atoms with E-state index in [4.69, 9.17) is 14.2 Å². The fourth-order valence-corrected chi connectivity index (χ4v) is 2.20. The number of ether oxygens (including phenoxy) is 3. The van der Waals surface area contributed by atoms with Crippen LogP contribution in [-0.4, -0.2) is 51.7 Å². The van der Waals surface area contributed by atoms with Crippen molar-refractivity contribution < 1.29 is 19.3 Å². The summed E-state index contributed by atoms with van der Waals surface area (Å²) in [6.45, 7) is 8.69. The predicted octanol–water partition coefficient (Wildman–Crippen LogP) is 2.36. The van der Waals surface area contributed by atoms with Gasteiger partial charge in [-0.1, -0.05) is 20.8 Å². The molecule has 0 amide bonds. The molecule has 0 aromatic heterocycles. The third kappa shape index (κ3) is 7.20. The first kappa shape index (κ1) is 19.7. The molecule has 1 unspecified atom stereocenters. The van der Waals surface area contributed by atoms with Gasteiger partial charge in [0.1, 0.15) is 24.2 Å². The first-order chi connectivity index (χ1) is 10.9. The Bertz CT molecular complexity index is 457. The van der Waals surface area contributed by atoms with Crippen LogP contribution in [0.2, 0.25) is 0 Å². The molecule has 132 valence electrons. The third-order valence-electron chi connectivity index (χ3n) is 3.51. The molecule has 0 aliphatic rings. The van der Waals surface area contributed by atoms with Crippen molar-refractivity contribution in [1.82, 2.24) is 5.32 Å². The molecule has 0 spiro atoms. The lowest BCUT2D eigenvalue weighted by molar-refractivity contribution is 0.104. The molecule has 0 heterocycles. The number of aliphatic hydroxyl groups is 1. The average molecular weight is 325 g/mol. The number of benzene rings is 1. The topological polar surface area (TPSA) is 60.0 Å². The Labute approximate surface area is 139 Å².